The minimum Gasteiger partial charge on any atom is -0.309 e. The van der Waals surface area contributed by atoms with Crippen molar-refractivity contribution in [3.8, 4) is 55.9 Å². The highest BCUT2D eigenvalue weighted by atomic mass is 15.0. The molecule has 2 atom stereocenters. The van der Waals surface area contributed by atoms with Crippen molar-refractivity contribution in [3.63, 3.8) is 0 Å². The second kappa shape index (κ2) is 19.6. The summed E-state index contributed by atoms with van der Waals surface area (Å²) in [6.07, 6.45) is 3.02. The van der Waals surface area contributed by atoms with Crippen LogP contribution in [0.3, 0.4) is 0 Å². The molecule has 77 heavy (non-hydrogen) atoms. The molecule has 13 aromatic rings. The van der Waals surface area contributed by atoms with Crippen molar-refractivity contribution in [3.05, 3.63) is 289 Å². The van der Waals surface area contributed by atoms with Crippen molar-refractivity contribution in [2.75, 3.05) is 0 Å². The molecule has 2 nitrogen and oxygen atoms in total. The first kappa shape index (κ1) is 47.7. The van der Waals surface area contributed by atoms with Gasteiger partial charge < -0.3 is 9.13 Å². The molecule has 2 aromatic heterocycles. The molecule has 0 aliphatic carbocycles. The zero-order valence-electron chi connectivity index (χ0n) is 44.4. The first-order valence-corrected chi connectivity index (χ1v) is 27.5. The number of para-hydroxylation sites is 2. The topological polar surface area (TPSA) is 9.86 Å². The summed E-state index contributed by atoms with van der Waals surface area (Å²) in [6, 6.07) is 99.6. The smallest absolute Gasteiger partial charge is 0.0641 e. The van der Waals surface area contributed by atoms with E-state index in [9.17, 15) is 0 Å². The number of aromatic nitrogens is 2. The van der Waals surface area contributed by atoms with E-state index in [2.05, 4.69) is 304 Å². The number of benzene rings is 11. The van der Waals surface area contributed by atoms with Crippen molar-refractivity contribution < 1.29 is 0 Å². The molecule has 0 radical (unpaired) electrons. The van der Waals surface area contributed by atoms with Gasteiger partial charge in [-0.1, -0.05) is 253 Å². The largest absolute Gasteiger partial charge is 0.309 e. The van der Waals surface area contributed by atoms with Gasteiger partial charge in [0.2, 0.25) is 0 Å². The SMILES string of the molecule is CCCC(C)(c1ccccc1)c1cccc(-c2cc(-n3c4ccccc4c4ccc5c(c6ccccc6n5-c5cccc(-c6cccc(-c7ccccc7)c6)c5)c43)cc(C(C)(CC)c3ccccc3)c2-c2ccccc2)c1. The van der Waals surface area contributed by atoms with E-state index >= 15 is 0 Å². The lowest BCUT2D eigenvalue weighted by atomic mass is 9.69. The number of hydrogen-bond acceptors (Lipinski definition) is 0. The Morgan fingerprint density at radius 1 is 0.338 bits per heavy atom. The highest BCUT2D eigenvalue weighted by Crippen LogP contribution is 2.50. The molecule has 0 fully saturated rings. The normalized spacial score (nSPS) is 13.3. The van der Waals surface area contributed by atoms with Crippen LogP contribution in [-0.4, -0.2) is 9.13 Å². The van der Waals surface area contributed by atoms with E-state index < -0.39 is 0 Å². The van der Waals surface area contributed by atoms with Gasteiger partial charge in [-0.2, -0.15) is 0 Å². The monoisotopic (exact) mass is 990 g/mol. The molecule has 0 aliphatic heterocycles. The lowest BCUT2D eigenvalue weighted by Gasteiger charge is -2.34. The molecule has 0 spiro atoms. The maximum absolute atomic E-state index is 2.60. The van der Waals surface area contributed by atoms with E-state index in [-0.39, 0.29) is 10.8 Å². The van der Waals surface area contributed by atoms with E-state index in [1.807, 2.05) is 0 Å². The van der Waals surface area contributed by atoms with Gasteiger partial charge in [0.1, 0.15) is 0 Å². The summed E-state index contributed by atoms with van der Waals surface area (Å²) < 4.78 is 5.09. The van der Waals surface area contributed by atoms with Crippen molar-refractivity contribution in [1.82, 2.24) is 9.13 Å². The number of rotatable bonds is 13. The Balaban J connectivity index is 1.11. The molecule has 2 unspecified atom stereocenters. The van der Waals surface area contributed by atoms with Gasteiger partial charge in [0, 0.05) is 43.7 Å². The summed E-state index contributed by atoms with van der Waals surface area (Å²) in [5.41, 5.74) is 21.5. The van der Waals surface area contributed by atoms with Gasteiger partial charge in [0.05, 0.1) is 22.1 Å². The van der Waals surface area contributed by atoms with Crippen molar-refractivity contribution in [2.45, 2.75) is 57.8 Å². The molecule has 0 N–H and O–H groups in total. The van der Waals surface area contributed by atoms with E-state index in [0.29, 0.717) is 0 Å². The summed E-state index contributed by atoms with van der Waals surface area (Å²) in [5, 5.41) is 4.93. The average molecular weight is 991 g/mol. The number of hydrogen-bond donors (Lipinski definition) is 0. The molecule has 0 bridgehead atoms. The summed E-state index contributed by atoms with van der Waals surface area (Å²) in [5.74, 6) is 0. The molecule has 0 amide bonds. The highest BCUT2D eigenvalue weighted by Gasteiger charge is 2.34. The van der Waals surface area contributed by atoms with Gasteiger partial charge >= 0.3 is 0 Å². The summed E-state index contributed by atoms with van der Waals surface area (Å²) in [7, 11) is 0. The molecular formula is C75H62N2. The Hall–Kier alpha value is -8.98. The van der Waals surface area contributed by atoms with Gasteiger partial charge in [0.25, 0.3) is 0 Å². The Kier molecular flexibility index (Phi) is 12.2. The molecule has 11 aromatic carbocycles. The van der Waals surface area contributed by atoms with Crippen LogP contribution >= 0.6 is 0 Å². The minimum atomic E-state index is -0.356. The van der Waals surface area contributed by atoms with Crippen LogP contribution in [0.5, 0.6) is 0 Å². The third kappa shape index (κ3) is 8.10. The molecule has 13 rings (SSSR count). The van der Waals surface area contributed by atoms with Crippen LogP contribution in [0.25, 0.3) is 99.5 Å². The fraction of sp³-hybridized carbons (Fsp3) is 0.120. The first-order chi connectivity index (χ1) is 37.9. The van der Waals surface area contributed by atoms with Crippen LogP contribution < -0.4 is 0 Å². The van der Waals surface area contributed by atoms with Gasteiger partial charge in [-0.3, -0.25) is 0 Å². The van der Waals surface area contributed by atoms with Gasteiger partial charge in [-0.15, -0.1) is 0 Å². The third-order valence-corrected chi connectivity index (χ3v) is 17.0. The zero-order chi connectivity index (χ0) is 52.1. The lowest BCUT2D eigenvalue weighted by molar-refractivity contribution is 0.512. The van der Waals surface area contributed by atoms with Crippen molar-refractivity contribution in [1.29, 1.82) is 0 Å². The average Bonchev–Trinajstić information content (AvgIpc) is 4.25. The number of fused-ring (bicyclic) bond motifs is 7. The third-order valence-electron chi connectivity index (χ3n) is 17.0. The van der Waals surface area contributed by atoms with E-state index in [0.717, 1.165) is 30.6 Å². The Morgan fingerprint density at radius 2 is 0.857 bits per heavy atom. The van der Waals surface area contributed by atoms with E-state index in [1.54, 1.807) is 0 Å². The first-order valence-electron chi connectivity index (χ1n) is 27.5. The number of nitrogens with zero attached hydrogens (tertiary/aromatic N) is 2. The van der Waals surface area contributed by atoms with Crippen LogP contribution in [0, 0.1) is 0 Å². The summed E-state index contributed by atoms with van der Waals surface area (Å²) >= 11 is 0. The molecule has 0 saturated carbocycles. The van der Waals surface area contributed by atoms with Crippen LogP contribution in [0.2, 0.25) is 0 Å². The second-order valence-electron chi connectivity index (χ2n) is 21.4. The molecule has 372 valence electrons. The minimum absolute atomic E-state index is 0.181. The van der Waals surface area contributed by atoms with Crippen LogP contribution in [-0.2, 0) is 10.8 Å². The van der Waals surface area contributed by atoms with Crippen molar-refractivity contribution in [2.24, 2.45) is 0 Å². The standard InChI is InChI=1S/C75H62N2/c1-5-46-75(4,59-36-17-10-18-37-59)60-38-24-33-57(48-60)66-50-62(51-67(71(66)53-28-13-8-14-29-53)74(3,6-2)58-34-15-9-16-35-58)77-68-42-21-19-40-63(68)64-44-45-70-72(73(64)77)65-41-20-22-43-69(65)76(70)61-39-25-32-56(49-61)55-31-23-30-54(47-55)52-26-11-7-12-27-52/h7-45,47-51H,5-6,46H2,1-4H3. The fourth-order valence-corrected chi connectivity index (χ4v) is 12.9. The van der Waals surface area contributed by atoms with E-state index in [4.69, 9.17) is 0 Å². The molecule has 0 aliphatic rings. The maximum atomic E-state index is 2.60. The fourth-order valence-electron chi connectivity index (χ4n) is 12.9. The maximum Gasteiger partial charge on any atom is 0.0641 e. The predicted molar refractivity (Wildman–Crippen MR) is 328 cm³/mol. The van der Waals surface area contributed by atoms with Crippen molar-refractivity contribution >= 4 is 43.6 Å². The quantitative estimate of drug-likeness (QED) is 0.109. The highest BCUT2D eigenvalue weighted by molar-refractivity contribution is 6.26. The molecule has 2 heteroatoms. The summed E-state index contributed by atoms with van der Waals surface area (Å²) in [4.78, 5) is 0. The molecule has 2 heterocycles. The van der Waals surface area contributed by atoms with Gasteiger partial charge in [-0.25, -0.2) is 0 Å². The van der Waals surface area contributed by atoms with Crippen LogP contribution in [0.4, 0.5) is 0 Å². The predicted octanol–water partition coefficient (Wildman–Crippen LogP) is 20.4. The molecule has 0 saturated heterocycles. The zero-order valence-corrected chi connectivity index (χ0v) is 44.4. The molecular weight excluding hydrogens is 929 g/mol. The van der Waals surface area contributed by atoms with Crippen LogP contribution in [0.15, 0.2) is 267 Å². The van der Waals surface area contributed by atoms with Gasteiger partial charge in [0.15, 0.2) is 0 Å². The summed E-state index contributed by atoms with van der Waals surface area (Å²) in [6.45, 7) is 9.57. The lowest BCUT2D eigenvalue weighted by Crippen LogP contribution is -2.24. The second-order valence-corrected chi connectivity index (χ2v) is 21.4. The van der Waals surface area contributed by atoms with Gasteiger partial charge in [-0.05, 0) is 128 Å². The Bertz CT molecular complexity index is 4280. The van der Waals surface area contributed by atoms with Crippen LogP contribution in [0.1, 0.15) is 69.2 Å². The Labute approximate surface area is 453 Å². The Morgan fingerprint density at radius 3 is 1.53 bits per heavy atom. The van der Waals surface area contributed by atoms with E-state index in [1.165, 1.54) is 110 Å².